The molecule has 0 heterocycles. The Kier molecular flexibility index (Phi) is 47.4. The molecule has 6 heteroatoms. The van der Waals surface area contributed by atoms with Gasteiger partial charge in [-0.15, -0.1) is 0 Å². The van der Waals surface area contributed by atoms with E-state index in [1.54, 1.807) is 0 Å². The van der Waals surface area contributed by atoms with Gasteiger partial charge in [0.25, 0.3) is 0 Å². The molecule has 0 radical (unpaired) electrons. The normalized spacial score (nSPS) is 12.5. The first-order valence-corrected chi connectivity index (χ1v) is 25.8. The molecule has 0 unspecified atom stereocenters. The molecular formula is C55H96O6. The fourth-order valence-corrected chi connectivity index (χ4v) is 7.08. The predicted octanol–water partition coefficient (Wildman–Crippen LogP) is 16.9. The highest BCUT2D eigenvalue weighted by Gasteiger charge is 2.19. The van der Waals surface area contributed by atoms with Crippen LogP contribution < -0.4 is 0 Å². The lowest BCUT2D eigenvalue weighted by molar-refractivity contribution is -0.167. The van der Waals surface area contributed by atoms with Crippen LogP contribution in [0.25, 0.3) is 0 Å². The number of rotatable bonds is 46. The Labute approximate surface area is 377 Å². The van der Waals surface area contributed by atoms with Crippen LogP contribution in [0.5, 0.6) is 0 Å². The summed E-state index contributed by atoms with van der Waals surface area (Å²) in [5.74, 6) is -0.956. The lowest BCUT2D eigenvalue weighted by Gasteiger charge is -2.18. The van der Waals surface area contributed by atoms with E-state index in [0.717, 1.165) is 77.0 Å². The molecule has 6 nitrogen and oxygen atoms in total. The summed E-state index contributed by atoms with van der Waals surface area (Å²) in [6.07, 6.45) is 60.6. The fourth-order valence-electron chi connectivity index (χ4n) is 7.08. The van der Waals surface area contributed by atoms with Crippen LogP contribution in [0.1, 0.15) is 252 Å². The second-order valence-corrected chi connectivity index (χ2v) is 17.1. The van der Waals surface area contributed by atoms with E-state index in [0.29, 0.717) is 19.3 Å². The summed E-state index contributed by atoms with van der Waals surface area (Å²) >= 11 is 0. The van der Waals surface area contributed by atoms with E-state index >= 15 is 0 Å². The van der Waals surface area contributed by atoms with Gasteiger partial charge in [-0.3, -0.25) is 14.4 Å². The summed E-state index contributed by atoms with van der Waals surface area (Å²) in [4.78, 5) is 37.9. The molecule has 0 amide bonds. The standard InChI is InChI=1S/C55H96O6/c1-4-7-10-13-16-19-22-25-26-27-28-31-33-36-39-42-45-48-54(57)60-51-52(61-55(58)49-46-43-40-37-34-30-24-21-18-15-12-9-6-3)50-59-53(56)47-44-41-38-35-32-29-23-20-17-14-11-8-5-2/h16,19,21,24-26,28,31,36,39,52H,4-15,17-18,20,22-23,27,29-30,32-35,37-38,40-51H2,1-3H3/b19-16-,24-21-,26-25-,31-28-,39-36-/t52-/m1/s1. The molecule has 0 rings (SSSR count). The third kappa shape index (κ3) is 48.0. The van der Waals surface area contributed by atoms with Gasteiger partial charge in [0.2, 0.25) is 0 Å². The number of hydrogen-bond acceptors (Lipinski definition) is 6. The van der Waals surface area contributed by atoms with Gasteiger partial charge in [0, 0.05) is 19.3 Å². The van der Waals surface area contributed by atoms with Crippen molar-refractivity contribution in [3.63, 3.8) is 0 Å². The SMILES string of the molecule is CCCCC/C=C\C/C=C\C/C=C\C/C=C\CCCC(=O)OC[C@@H](COC(=O)CCCCCCCCCCCCCCC)OC(=O)CCCCCCC/C=C\CCCCCC. The molecule has 1 atom stereocenters. The van der Waals surface area contributed by atoms with Gasteiger partial charge in [0.05, 0.1) is 0 Å². The number of hydrogen-bond donors (Lipinski definition) is 0. The quantitative estimate of drug-likeness (QED) is 0.0263. The van der Waals surface area contributed by atoms with Crippen molar-refractivity contribution in [2.45, 2.75) is 258 Å². The van der Waals surface area contributed by atoms with E-state index in [-0.39, 0.29) is 37.5 Å². The van der Waals surface area contributed by atoms with E-state index < -0.39 is 6.10 Å². The summed E-state index contributed by atoms with van der Waals surface area (Å²) in [5, 5.41) is 0. The van der Waals surface area contributed by atoms with Gasteiger partial charge in [0.15, 0.2) is 6.10 Å². The van der Waals surface area contributed by atoms with Gasteiger partial charge in [-0.1, -0.05) is 210 Å². The van der Waals surface area contributed by atoms with Crippen LogP contribution in [0.3, 0.4) is 0 Å². The van der Waals surface area contributed by atoms with Crippen molar-refractivity contribution < 1.29 is 28.6 Å². The maximum absolute atomic E-state index is 12.8. The molecule has 0 spiro atoms. The number of allylic oxidation sites excluding steroid dienone is 10. The van der Waals surface area contributed by atoms with Crippen LogP contribution in [0.4, 0.5) is 0 Å². The fraction of sp³-hybridized carbons (Fsp3) is 0.764. The first-order valence-electron chi connectivity index (χ1n) is 25.8. The maximum Gasteiger partial charge on any atom is 0.306 e. The van der Waals surface area contributed by atoms with Crippen molar-refractivity contribution >= 4 is 17.9 Å². The second kappa shape index (κ2) is 49.8. The number of esters is 3. The van der Waals surface area contributed by atoms with Crippen LogP contribution in [0.2, 0.25) is 0 Å². The Morgan fingerprint density at radius 3 is 1.05 bits per heavy atom. The number of carbonyl (C=O) groups is 3. The van der Waals surface area contributed by atoms with Crippen molar-refractivity contribution in [3.8, 4) is 0 Å². The summed E-state index contributed by atoms with van der Waals surface area (Å²) in [6.45, 7) is 6.54. The Bertz CT molecular complexity index is 1120. The molecule has 0 N–H and O–H groups in total. The van der Waals surface area contributed by atoms with Gasteiger partial charge in [-0.05, 0) is 83.5 Å². The van der Waals surface area contributed by atoms with E-state index in [1.807, 2.05) is 0 Å². The van der Waals surface area contributed by atoms with Crippen LogP contribution in [-0.2, 0) is 28.6 Å². The molecule has 0 aliphatic carbocycles. The molecule has 0 aromatic heterocycles. The minimum absolute atomic E-state index is 0.0926. The van der Waals surface area contributed by atoms with Crippen molar-refractivity contribution in [2.75, 3.05) is 13.2 Å². The molecular weight excluding hydrogens is 757 g/mol. The zero-order valence-electron chi connectivity index (χ0n) is 40.2. The molecule has 0 fully saturated rings. The highest BCUT2D eigenvalue weighted by atomic mass is 16.6. The Morgan fingerprint density at radius 2 is 0.607 bits per heavy atom. The molecule has 61 heavy (non-hydrogen) atoms. The summed E-state index contributed by atoms with van der Waals surface area (Å²) in [7, 11) is 0. The third-order valence-electron chi connectivity index (χ3n) is 11.0. The lowest BCUT2D eigenvalue weighted by Crippen LogP contribution is -2.30. The minimum atomic E-state index is -0.797. The molecule has 0 aliphatic heterocycles. The van der Waals surface area contributed by atoms with Gasteiger partial charge >= 0.3 is 17.9 Å². The summed E-state index contributed by atoms with van der Waals surface area (Å²) in [6, 6.07) is 0. The minimum Gasteiger partial charge on any atom is -0.462 e. The zero-order chi connectivity index (χ0) is 44.4. The molecule has 0 saturated heterocycles. The van der Waals surface area contributed by atoms with Crippen LogP contribution >= 0.6 is 0 Å². The van der Waals surface area contributed by atoms with Gasteiger partial charge in [-0.2, -0.15) is 0 Å². The van der Waals surface area contributed by atoms with E-state index in [1.165, 1.54) is 128 Å². The number of unbranched alkanes of at least 4 members (excludes halogenated alkanes) is 25. The van der Waals surface area contributed by atoms with E-state index in [9.17, 15) is 14.4 Å². The van der Waals surface area contributed by atoms with E-state index in [2.05, 4.69) is 81.5 Å². The number of carbonyl (C=O) groups excluding carboxylic acids is 3. The average molecular weight is 853 g/mol. The summed E-state index contributed by atoms with van der Waals surface area (Å²) in [5.41, 5.74) is 0. The number of ether oxygens (including phenoxy) is 3. The topological polar surface area (TPSA) is 78.9 Å². The Morgan fingerprint density at radius 1 is 0.328 bits per heavy atom. The molecule has 0 aromatic rings. The Balaban J connectivity index is 4.46. The highest BCUT2D eigenvalue weighted by molar-refractivity contribution is 5.71. The molecule has 0 aliphatic rings. The van der Waals surface area contributed by atoms with Crippen molar-refractivity contribution in [3.05, 3.63) is 60.8 Å². The maximum atomic E-state index is 12.8. The smallest absolute Gasteiger partial charge is 0.306 e. The lowest BCUT2D eigenvalue weighted by atomic mass is 10.0. The predicted molar refractivity (Wildman–Crippen MR) is 261 cm³/mol. The third-order valence-corrected chi connectivity index (χ3v) is 11.0. The van der Waals surface area contributed by atoms with Gasteiger partial charge < -0.3 is 14.2 Å². The van der Waals surface area contributed by atoms with Crippen LogP contribution in [0, 0.1) is 0 Å². The first-order chi connectivity index (χ1) is 30.0. The van der Waals surface area contributed by atoms with Gasteiger partial charge in [-0.25, -0.2) is 0 Å². The monoisotopic (exact) mass is 853 g/mol. The molecule has 0 saturated carbocycles. The average Bonchev–Trinajstić information content (AvgIpc) is 3.26. The van der Waals surface area contributed by atoms with E-state index in [4.69, 9.17) is 14.2 Å². The second-order valence-electron chi connectivity index (χ2n) is 17.1. The molecule has 352 valence electrons. The summed E-state index contributed by atoms with van der Waals surface area (Å²) < 4.78 is 16.7. The van der Waals surface area contributed by atoms with Crippen molar-refractivity contribution in [2.24, 2.45) is 0 Å². The van der Waals surface area contributed by atoms with Crippen LogP contribution in [-0.4, -0.2) is 37.2 Å². The van der Waals surface area contributed by atoms with Crippen LogP contribution in [0.15, 0.2) is 60.8 Å². The highest BCUT2D eigenvalue weighted by Crippen LogP contribution is 2.14. The largest absolute Gasteiger partial charge is 0.462 e. The Hall–Kier alpha value is -2.89. The first kappa shape index (κ1) is 58.1. The molecule has 0 aromatic carbocycles. The van der Waals surface area contributed by atoms with Crippen molar-refractivity contribution in [1.82, 2.24) is 0 Å². The van der Waals surface area contributed by atoms with Crippen molar-refractivity contribution in [1.29, 1.82) is 0 Å². The zero-order valence-corrected chi connectivity index (χ0v) is 40.2. The molecule has 0 bridgehead atoms. The van der Waals surface area contributed by atoms with Gasteiger partial charge in [0.1, 0.15) is 13.2 Å².